The molecular formula is C12H15N5O3. The lowest BCUT2D eigenvalue weighted by molar-refractivity contribution is -0.133. The van der Waals surface area contributed by atoms with Gasteiger partial charge in [0, 0.05) is 26.4 Å². The second-order valence-corrected chi connectivity index (χ2v) is 4.81. The number of amidine groups is 1. The number of aliphatic imine (C=N–C) groups is 1. The van der Waals surface area contributed by atoms with Crippen LogP contribution in [0.5, 0.6) is 0 Å². The number of hydrogen-bond acceptors (Lipinski definition) is 6. The van der Waals surface area contributed by atoms with Crippen LogP contribution in [0.3, 0.4) is 0 Å². The van der Waals surface area contributed by atoms with Gasteiger partial charge in [0.1, 0.15) is 6.04 Å². The zero-order valence-electron chi connectivity index (χ0n) is 11.0. The summed E-state index contributed by atoms with van der Waals surface area (Å²) in [4.78, 5) is 34.4. The average Bonchev–Trinajstić information content (AvgIpc) is 2.39. The highest BCUT2D eigenvalue weighted by Crippen LogP contribution is 2.21. The quantitative estimate of drug-likeness (QED) is 0.618. The van der Waals surface area contributed by atoms with E-state index in [-0.39, 0.29) is 5.91 Å². The number of dihydropyridines is 1. The molecule has 1 saturated heterocycles. The highest BCUT2D eigenvalue weighted by molar-refractivity contribution is 6.00. The standard InChI is InChI=1S/C12H15N5O3/c1-16-11(18)8-4-2-5-13-9(8)10(14-16)15-20-12(19)17-6-3-7-17/h2,4-5,8-9H,3,6-7H2,1H3,(H,14,15). The summed E-state index contributed by atoms with van der Waals surface area (Å²) in [7, 11) is 1.56. The average molecular weight is 277 g/mol. The first-order chi connectivity index (χ1) is 9.66. The number of hydroxylamine groups is 1. The van der Waals surface area contributed by atoms with Crippen LogP contribution in [-0.2, 0) is 9.63 Å². The molecule has 3 rings (SSSR count). The number of carbonyl (C=O) groups excluding carboxylic acids is 2. The van der Waals surface area contributed by atoms with Crippen LogP contribution in [0.15, 0.2) is 22.2 Å². The van der Waals surface area contributed by atoms with Gasteiger partial charge in [0.2, 0.25) is 0 Å². The Balaban J connectivity index is 1.69. The van der Waals surface area contributed by atoms with Crippen molar-refractivity contribution in [1.82, 2.24) is 15.4 Å². The molecule has 0 aromatic carbocycles. The van der Waals surface area contributed by atoms with E-state index in [1.54, 1.807) is 30.3 Å². The molecule has 1 fully saturated rings. The number of nitrogens with zero attached hydrogens (tertiary/aromatic N) is 4. The van der Waals surface area contributed by atoms with Gasteiger partial charge in [-0.3, -0.25) is 9.79 Å². The van der Waals surface area contributed by atoms with E-state index in [0.717, 1.165) is 6.42 Å². The fourth-order valence-corrected chi connectivity index (χ4v) is 2.19. The topological polar surface area (TPSA) is 86.6 Å². The summed E-state index contributed by atoms with van der Waals surface area (Å²) in [6.07, 6.45) is 5.65. The fraction of sp³-hybridized carbons (Fsp3) is 0.500. The molecule has 8 heteroatoms. The van der Waals surface area contributed by atoms with Crippen LogP contribution in [0.2, 0.25) is 0 Å². The molecule has 3 aliphatic heterocycles. The molecule has 1 N–H and O–H groups in total. The van der Waals surface area contributed by atoms with Crippen LogP contribution in [0.25, 0.3) is 0 Å². The molecule has 0 spiro atoms. The number of hydrazone groups is 1. The molecule has 8 nitrogen and oxygen atoms in total. The van der Waals surface area contributed by atoms with Crippen LogP contribution in [-0.4, -0.2) is 60.1 Å². The van der Waals surface area contributed by atoms with Crippen molar-refractivity contribution < 1.29 is 14.4 Å². The van der Waals surface area contributed by atoms with Crippen LogP contribution in [0, 0.1) is 5.92 Å². The van der Waals surface area contributed by atoms with E-state index in [2.05, 4.69) is 15.6 Å². The molecule has 0 aromatic heterocycles. The van der Waals surface area contributed by atoms with Crippen LogP contribution < -0.4 is 5.48 Å². The predicted molar refractivity (Wildman–Crippen MR) is 70.9 cm³/mol. The van der Waals surface area contributed by atoms with E-state index in [9.17, 15) is 9.59 Å². The van der Waals surface area contributed by atoms with E-state index >= 15 is 0 Å². The minimum Gasteiger partial charge on any atom is -0.323 e. The summed E-state index contributed by atoms with van der Waals surface area (Å²) in [5.74, 6) is -0.193. The second kappa shape index (κ2) is 4.95. The highest BCUT2D eigenvalue weighted by atomic mass is 16.7. The number of amides is 2. The van der Waals surface area contributed by atoms with Crippen LogP contribution >= 0.6 is 0 Å². The molecule has 3 heterocycles. The van der Waals surface area contributed by atoms with Crippen molar-refractivity contribution in [1.29, 1.82) is 0 Å². The third-order valence-electron chi connectivity index (χ3n) is 3.49. The number of allylic oxidation sites excluding steroid dienone is 1. The molecule has 0 radical (unpaired) electrons. The van der Waals surface area contributed by atoms with Gasteiger partial charge < -0.3 is 9.74 Å². The molecule has 2 unspecified atom stereocenters. The lowest BCUT2D eigenvalue weighted by atomic mass is 9.94. The van der Waals surface area contributed by atoms with Gasteiger partial charge in [0.25, 0.3) is 5.91 Å². The Bertz CT molecular complexity index is 523. The summed E-state index contributed by atoms with van der Waals surface area (Å²) >= 11 is 0. The molecule has 2 atom stereocenters. The number of likely N-dealkylation sites (tertiary alicyclic amines) is 1. The zero-order chi connectivity index (χ0) is 14.1. The maximum absolute atomic E-state index is 12.0. The minimum atomic E-state index is -0.465. The third kappa shape index (κ3) is 2.13. The molecule has 2 amide bonds. The Labute approximate surface area is 115 Å². The van der Waals surface area contributed by atoms with E-state index < -0.39 is 18.1 Å². The Morgan fingerprint density at radius 1 is 1.50 bits per heavy atom. The minimum absolute atomic E-state index is 0.136. The first-order valence-corrected chi connectivity index (χ1v) is 6.44. The van der Waals surface area contributed by atoms with Gasteiger partial charge >= 0.3 is 6.09 Å². The Kier molecular flexibility index (Phi) is 3.13. The van der Waals surface area contributed by atoms with Crippen molar-refractivity contribution >= 4 is 24.1 Å². The number of rotatable bonds is 0. The predicted octanol–water partition coefficient (Wildman–Crippen LogP) is -0.256. The zero-order valence-corrected chi connectivity index (χ0v) is 11.0. The molecular weight excluding hydrogens is 262 g/mol. The van der Waals surface area contributed by atoms with Gasteiger partial charge in [-0.1, -0.05) is 6.08 Å². The van der Waals surface area contributed by atoms with Crippen molar-refractivity contribution in [3.8, 4) is 0 Å². The van der Waals surface area contributed by atoms with Crippen molar-refractivity contribution in [3.63, 3.8) is 0 Å². The van der Waals surface area contributed by atoms with Crippen molar-refractivity contribution in [2.24, 2.45) is 16.0 Å². The monoisotopic (exact) mass is 277 g/mol. The summed E-state index contributed by atoms with van der Waals surface area (Å²) in [6.45, 7) is 1.41. The number of nitrogens with one attached hydrogen (secondary N) is 1. The highest BCUT2D eigenvalue weighted by Gasteiger charge is 2.38. The molecule has 20 heavy (non-hydrogen) atoms. The van der Waals surface area contributed by atoms with E-state index in [1.165, 1.54) is 5.01 Å². The molecule has 106 valence electrons. The van der Waals surface area contributed by atoms with Crippen molar-refractivity contribution in [3.05, 3.63) is 12.2 Å². The largest absolute Gasteiger partial charge is 0.434 e. The summed E-state index contributed by atoms with van der Waals surface area (Å²) < 4.78 is 0. The van der Waals surface area contributed by atoms with Crippen molar-refractivity contribution in [2.75, 3.05) is 20.1 Å². The number of carbonyl (C=O) groups is 2. The smallest absolute Gasteiger partial charge is 0.323 e. The van der Waals surface area contributed by atoms with E-state index in [1.807, 2.05) is 0 Å². The Morgan fingerprint density at radius 2 is 2.30 bits per heavy atom. The summed E-state index contributed by atoms with van der Waals surface area (Å²) in [5, 5.41) is 5.30. The van der Waals surface area contributed by atoms with E-state index in [0.29, 0.717) is 18.9 Å². The molecule has 0 bridgehead atoms. The van der Waals surface area contributed by atoms with Crippen LogP contribution in [0.4, 0.5) is 4.79 Å². The Hall–Kier alpha value is -2.38. The van der Waals surface area contributed by atoms with Gasteiger partial charge in [0.05, 0.1) is 5.92 Å². The lowest BCUT2D eigenvalue weighted by Crippen LogP contribution is -2.52. The van der Waals surface area contributed by atoms with Gasteiger partial charge in [-0.15, -0.1) is 0 Å². The third-order valence-corrected chi connectivity index (χ3v) is 3.49. The molecule has 0 aromatic rings. The SMILES string of the molecule is CN1N=C(NOC(=O)N2CCC2)C2N=CC=CC2C1=O. The van der Waals surface area contributed by atoms with Crippen molar-refractivity contribution in [2.45, 2.75) is 12.5 Å². The first kappa shape index (κ1) is 12.6. The first-order valence-electron chi connectivity index (χ1n) is 6.44. The second-order valence-electron chi connectivity index (χ2n) is 4.81. The number of fused-ring (bicyclic) bond motifs is 1. The van der Waals surface area contributed by atoms with Gasteiger partial charge in [-0.2, -0.15) is 10.6 Å². The molecule has 3 aliphatic rings. The van der Waals surface area contributed by atoms with Gasteiger partial charge in [0.15, 0.2) is 5.84 Å². The maximum atomic E-state index is 12.0. The lowest BCUT2D eigenvalue weighted by Gasteiger charge is -2.33. The maximum Gasteiger partial charge on any atom is 0.434 e. The van der Waals surface area contributed by atoms with E-state index in [4.69, 9.17) is 4.84 Å². The normalized spacial score (nSPS) is 27.6. The molecule has 0 aliphatic carbocycles. The summed E-state index contributed by atoms with van der Waals surface area (Å²) in [5.41, 5.74) is 2.54. The Morgan fingerprint density at radius 3 is 3.00 bits per heavy atom. The van der Waals surface area contributed by atoms with Crippen LogP contribution in [0.1, 0.15) is 6.42 Å². The van der Waals surface area contributed by atoms with Gasteiger partial charge in [-0.05, 0) is 12.5 Å². The fourth-order valence-electron chi connectivity index (χ4n) is 2.19. The molecule has 0 saturated carbocycles. The summed E-state index contributed by atoms with van der Waals surface area (Å²) in [6, 6.07) is -0.465. The van der Waals surface area contributed by atoms with Gasteiger partial charge in [-0.25, -0.2) is 9.80 Å². The number of hydrogen-bond donors (Lipinski definition) is 1.